The molecule has 2 rings (SSSR count). The molecule has 2 aromatic rings. The van der Waals surface area contributed by atoms with E-state index < -0.39 is 17.2 Å². The Bertz CT molecular complexity index is 845. The minimum atomic E-state index is -0.543. The lowest BCUT2D eigenvalue weighted by Crippen LogP contribution is -2.54. The smallest absolute Gasteiger partial charge is 0.408 e. The fraction of sp³-hybridized carbons (Fsp3) is 0.524. The molecule has 3 N–H and O–H groups in total. The van der Waals surface area contributed by atoms with E-state index in [1.165, 1.54) is 0 Å². The van der Waals surface area contributed by atoms with Gasteiger partial charge in [0.2, 0.25) is 0 Å². The van der Waals surface area contributed by atoms with Crippen molar-refractivity contribution in [2.75, 3.05) is 13.1 Å². The van der Waals surface area contributed by atoms with E-state index in [2.05, 4.69) is 31.1 Å². The molecule has 10 heteroatoms. The molecule has 0 saturated carbocycles. The van der Waals surface area contributed by atoms with Gasteiger partial charge in [-0.15, -0.1) is 34.2 Å². The molecule has 0 bridgehead atoms. The first-order valence-electron chi connectivity index (χ1n) is 10.1. The third kappa shape index (κ3) is 9.53. The molecule has 9 nitrogen and oxygen atoms in total. The minimum absolute atomic E-state index is 0. The van der Waals surface area contributed by atoms with Crippen molar-refractivity contribution in [2.45, 2.75) is 59.2 Å². The second kappa shape index (κ2) is 11.9. The predicted molar refractivity (Wildman–Crippen MR) is 133 cm³/mol. The summed E-state index contributed by atoms with van der Waals surface area (Å²) in [5, 5.41) is 17.5. The van der Waals surface area contributed by atoms with Crippen molar-refractivity contribution < 1.29 is 9.53 Å². The monoisotopic (exact) mass is 543 g/mol. The summed E-state index contributed by atoms with van der Waals surface area (Å²) in [4.78, 5) is 16.7. The standard InChI is InChI=1S/C21H33N7O2.HI/c1-7-22-18(24-14-21(5,6)26-19(29)30-20(2,3)4)23-13-17-27-25-15-28(17)16-11-9-8-10-12-16;/h8-12,15H,7,13-14H2,1-6H3,(H,26,29)(H2,22,23,24);1H. The van der Waals surface area contributed by atoms with Crippen molar-refractivity contribution in [3.8, 4) is 5.69 Å². The molecule has 1 amide bonds. The highest BCUT2D eigenvalue weighted by atomic mass is 127. The van der Waals surface area contributed by atoms with Crippen molar-refractivity contribution in [1.29, 1.82) is 0 Å². The molecule has 0 spiro atoms. The van der Waals surface area contributed by atoms with Crippen molar-refractivity contribution in [3.05, 3.63) is 42.5 Å². The number of aliphatic imine (C=N–C) groups is 1. The third-order valence-corrected chi connectivity index (χ3v) is 3.91. The Morgan fingerprint density at radius 3 is 2.42 bits per heavy atom. The molecule has 31 heavy (non-hydrogen) atoms. The molecular formula is C21H34IN7O2. The van der Waals surface area contributed by atoms with E-state index in [0.717, 1.165) is 11.5 Å². The van der Waals surface area contributed by atoms with Gasteiger partial charge in [-0.3, -0.25) is 4.57 Å². The molecule has 172 valence electrons. The molecule has 1 aromatic carbocycles. The quantitative estimate of drug-likeness (QED) is 0.282. The first-order valence-corrected chi connectivity index (χ1v) is 10.1. The number of hydrogen-bond donors (Lipinski definition) is 3. The maximum Gasteiger partial charge on any atom is 0.408 e. The maximum absolute atomic E-state index is 12.1. The van der Waals surface area contributed by atoms with Crippen molar-refractivity contribution in [2.24, 2.45) is 4.99 Å². The SMILES string of the molecule is CCNC(=NCc1nncn1-c1ccccc1)NCC(C)(C)NC(=O)OC(C)(C)C.I. The van der Waals surface area contributed by atoms with Crippen LogP contribution in [0.25, 0.3) is 5.69 Å². The number of carbonyl (C=O) groups is 1. The average molecular weight is 543 g/mol. The molecule has 0 atom stereocenters. The Morgan fingerprint density at radius 2 is 1.81 bits per heavy atom. The molecule has 0 aliphatic rings. The van der Waals surface area contributed by atoms with E-state index in [9.17, 15) is 4.79 Å². The summed E-state index contributed by atoms with van der Waals surface area (Å²) in [5.74, 6) is 1.35. The van der Waals surface area contributed by atoms with Gasteiger partial charge in [-0.1, -0.05) is 18.2 Å². The number of carbonyl (C=O) groups excluding carboxylic acids is 1. The van der Waals surface area contributed by atoms with Gasteiger partial charge in [-0.2, -0.15) is 0 Å². The van der Waals surface area contributed by atoms with Gasteiger partial charge in [-0.25, -0.2) is 9.79 Å². The predicted octanol–water partition coefficient (Wildman–Crippen LogP) is 3.24. The molecule has 0 aliphatic carbocycles. The number of halogens is 1. The molecule has 0 aliphatic heterocycles. The van der Waals surface area contributed by atoms with Crippen molar-refractivity contribution in [3.63, 3.8) is 0 Å². The lowest BCUT2D eigenvalue weighted by molar-refractivity contribution is 0.0474. The van der Waals surface area contributed by atoms with E-state index in [1.807, 2.05) is 76.4 Å². The zero-order chi connectivity index (χ0) is 22.2. The van der Waals surface area contributed by atoms with Gasteiger partial charge < -0.3 is 20.7 Å². The normalized spacial score (nSPS) is 12.0. The van der Waals surface area contributed by atoms with Gasteiger partial charge in [0.05, 0.1) is 5.54 Å². The fourth-order valence-corrected chi connectivity index (χ4v) is 2.59. The summed E-state index contributed by atoms with van der Waals surface area (Å²) >= 11 is 0. The van der Waals surface area contributed by atoms with Crippen LogP contribution in [0.5, 0.6) is 0 Å². The van der Waals surface area contributed by atoms with Crippen LogP contribution in [0.4, 0.5) is 4.79 Å². The van der Waals surface area contributed by atoms with Gasteiger partial charge >= 0.3 is 6.09 Å². The van der Waals surface area contributed by atoms with Crippen LogP contribution in [0.1, 0.15) is 47.4 Å². The zero-order valence-corrected chi connectivity index (χ0v) is 21.4. The van der Waals surface area contributed by atoms with Crippen LogP contribution in [-0.2, 0) is 11.3 Å². The number of nitrogens with zero attached hydrogens (tertiary/aromatic N) is 4. The summed E-state index contributed by atoms with van der Waals surface area (Å²) in [5.41, 5.74) is -0.102. The Balaban J connectivity index is 0.00000480. The number of aromatic nitrogens is 3. The summed E-state index contributed by atoms with van der Waals surface area (Å²) in [6, 6.07) is 9.88. The largest absolute Gasteiger partial charge is 0.444 e. The first kappa shape index (κ1) is 26.7. The summed E-state index contributed by atoms with van der Waals surface area (Å²) in [7, 11) is 0. The van der Waals surface area contributed by atoms with Crippen molar-refractivity contribution >= 4 is 36.0 Å². The van der Waals surface area contributed by atoms with E-state index in [4.69, 9.17) is 4.74 Å². The van der Waals surface area contributed by atoms with Crippen LogP contribution in [0.15, 0.2) is 41.7 Å². The average Bonchev–Trinajstić information content (AvgIpc) is 3.11. The Hall–Kier alpha value is -2.37. The highest BCUT2D eigenvalue weighted by molar-refractivity contribution is 14.0. The number of para-hydroxylation sites is 1. The molecule has 0 fully saturated rings. The van der Waals surface area contributed by atoms with Gasteiger partial charge in [0, 0.05) is 18.8 Å². The number of guanidine groups is 1. The third-order valence-electron chi connectivity index (χ3n) is 3.91. The van der Waals surface area contributed by atoms with Crippen LogP contribution in [0.2, 0.25) is 0 Å². The highest BCUT2D eigenvalue weighted by Gasteiger charge is 2.24. The number of hydrogen-bond acceptors (Lipinski definition) is 5. The molecule has 1 aromatic heterocycles. The fourth-order valence-electron chi connectivity index (χ4n) is 2.59. The van der Waals surface area contributed by atoms with Crippen LogP contribution < -0.4 is 16.0 Å². The maximum atomic E-state index is 12.1. The number of nitrogens with one attached hydrogen (secondary N) is 3. The molecule has 0 radical (unpaired) electrons. The second-order valence-electron chi connectivity index (χ2n) is 8.51. The molecular weight excluding hydrogens is 509 g/mol. The molecule has 1 heterocycles. The number of ether oxygens (including phenoxy) is 1. The Morgan fingerprint density at radius 1 is 1.13 bits per heavy atom. The van der Waals surface area contributed by atoms with Crippen LogP contribution in [0, 0.1) is 0 Å². The Kier molecular flexibility index (Phi) is 10.2. The van der Waals surface area contributed by atoms with Gasteiger partial charge in [0.25, 0.3) is 0 Å². The van der Waals surface area contributed by atoms with Crippen molar-refractivity contribution in [1.82, 2.24) is 30.7 Å². The summed E-state index contributed by atoms with van der Waals surface area (Å²) < 4.78 is 7.24. The number of benzene rings is 1. The first-order chi connectivity index (χ1) is 14.1. The van der Waals surface area contributed by atoms with Gasteiger partial charge in [0.1, 0.15) is 18.5 Å². The topological polar surface area (TPSA) is 105 Å². The zero-order valence-electron chi connectivity index (χ0n) is 19.1. The second-order valence-corrected chi connectivity index (χ2v) is 8.51. The van der Waals surface area contributed by atoms with Gasteiger partial charge in [0.15, 0.2) is 11.8 Å². The van der Waals surface area contributed by atoms with E-state index in [1.54, 1.807) is 6.33 Å². The molecule has 0 unspecified atom stereocenters. The number of rotatable bonds is 7. The van der Waals surface area contributed by atoms with E-state index in [-0.39, 0.29) is 24.0 Å². The minimum Gasteiger partial charge on any atom is -0.444 e. The number of alkyl carbamates (subject to hydrolysis) is 1. The van der Waals surface area contributed by atoms with E-state index in [0.29, 0.717) is 25.6 Å². The summed E-state index contributed by atoms with van der Waals surface area (Å²) in [6.45, 7) is 12.9. The van der Waals surface area contributed by atoms with Gasteiger partial charge in [-0.05, 0) is 53.7 Å². The van der Waals surface area contributed by atoms with Crippen LogP contribution >= 0.6 is 24.0 Å². The van der Waals surface area contributed by atoms with E-state index >= 15 is 0 Å². The lowest BCUT2D eigenvalue weighted by Gasteiger charge is -2.29. The molecule has 0 saturated heterocycles. The highest BCUT2D eigenvalue weighted by Crippen LogP contribution is 2.10. The van der Waals surface area contributed by atoms with Crippen LogP contribution in [-0.4, -0.2) is 51.0 Å². The van der Waals surface area contributed by atoms with Crippen LogP contribution in [0.3, 0.4) is 0 Å². The number of amides is 1. The summed E-state index contributed by atoms with van der Waals surface area (Å²) in [6.07, 6.45) is 1.22. The lowest BCUT2D eigenvalue weighted by atomic mass is 10.1. The Labute approximate surface area is 201 Å².